The maximum atomic E-state index is 5.85. The minimum atomic E-state index is 0.695. The van der Waals surface area contributed by atoms with Gasteiger partial charge in [-0.1, -0.05) is 28.1 Å². The molecule has 0 atom stereocenters. The molecule has 84 valence electrons. The first kappa shape index (κ1) is 11.2. The Morgan fingerprint density at radius 2 is 2.06 bits per heavy atom. The summed E-state index contributed by atoms with van der Waals surface area (Å²) in [4.78, 5) is 0. The van der Waals surface area contributed by atoms with E-state index in [0.717, 1.165) is 10.2 Å². The molecule has 16 heavy (non-hydrogen) atoms. The zero-order chi connectivity index (χ0) is 11.7. The van der Waals surface area contributed by atoms with Crippen LogP contribution in [0.2, 0.25) is 0 Å². The summed E-state index contributed by atoms with van der Waals surface area (Å²) in [6.07, 6.45) is 0. The molecule has 0 amide bonds. The van der Waals surface area contributed by atoms with E-state index >= 15 is 0 Å². The topological polar surface area (TPSA) is 43.8 Å². The largest absolute Gasteiger partial charge is 0.384 e. The summed E-state index contributed by atoms with van der Waals surface area (Å²) in [5.41, 5.74) is 9.22. The molecule has 1 heterocycles. The third kappa shape index (κ3) is 2.27. The molecule has 0 fully saturated rings. The van der Waals surface area contributed by atoms with Gasteiger partial charge < -0.3 is 5.73 Å². The molecular formula is C12H14BrN3. The van der Waals surface area contributed by atoms with Crippen LogP contribution in [0.15, 0.2) is 28.7 Å². The molecule has 3 nitrogen and oxygen atoms in total. The van der Waals surface area contributed by atoms with Crippen molar-refractivity contribution in [2.24, 2.45) is 0 Å². The van der Waals surface area contributed by atoms with Crippen LogP contribution in [-0.4, -0.2) is 9.78 Å². The van der Waals surface area contributed by atoms with Crippen LogP contribution in [0, 0.1) is 13.8 Å². The van der Waals surface area contributed by atoms with Gasteiger partial charge in [-0.2, -0.15) is 5.10 Å². The van der Waals surface area contributed by atoms with Crippen molar-refractivity contribution in [3.05, 3.63) is 45.6 Å². The molecule has 0 aliphatic carbocycles. The standard InChI is InChI=1S/C12H14BrN3/c1-8-3-4-10(11(13)5-8)7-16-12(14)6-9(2)15-16/h3-6H,7,14H2,1-2H3. The van der Waals surface area contributed by atoms with Crippen LogP contribution in [0.5, 0.6) is 0 Å². The number of nitrogens with zero attached hydrogens (tertiary/aromatic N) is 2. The third-order valence-corrected chi connectivity index (χ3v) is 3.20. The SMILES string of the molecule is Cc1ccc(Cn2nc(C)cc2N)c(Br)c1. The molecule has 2 N–H and O–H groups in total. The van der Waals surface area contributed by atoms with E-state index in [0.29, 0.717) is 12.4 Å². The van der Waals surface area contributed by atoms with Gasteiger partial charge in [0.15, 0.2) is 0 Å². The lowest BCUT2D eigenvalue weighted by Crippen LogP contribution is -2.06. The van der Waals surface area contributed by atoms with Crippen molar-refractivity contribution in [1.29, 1.82) is 0 Å². The molecule has 0 spiro atoms. The van der Waals surface area contributed by atoms with Gasteiger partial charge in [0.2, 0.25) is 0 Å². The first-order chi connectivity index (χ1) is 7.56. The lowest BCUT2D eigenvalue weighted by atomic mass is 10.1. The van der Waals surface area contributed by atoms with Gasteiger partial charge in [-0.3, -0.25) is 0 Å². The van der Waals surface area contributed by atoms with Gasteiger partial charge >= 0.3 is 0 Å². The summed E-state index contributed by atoms with van der Waals surface area (Å²) < 4.78 is 2.91. The molecular weight excluding hydrogens is 266 g/mol. The molecule has 2 aromatic rings. The van der Waals surface area contributed by atoms with Gasteiger partial charge in [-0.05, 0) is 31.0 Å². The van der Waals surface area contributed by atoms with Gasteiger partial charge in [0, 0.05) is 10.5 Å². The monoisotopic (exact) mass is 279 g/mol. The summed E-state index contributed by atoms with van der Waals surface area (Å²) in [7, 11) is 0. The fraction of sp³-hybridized carbons (Fsp3) is 0.250. The summed E-state index contributed by atoms with van der Waals surface area (Å²) in [5.74, 6) is 0.699. The number of hydrogen-bond donors (Lipinski definition) is 1. The van der Waals surface area contributed by atoms with Crippen molar-refractivity contribution in [3.63, 3.8) is 0 Å². The molecule has 4 heteroatoms. The molecule has 0 bridgehead atoms. The molecule has 0 radical (unpaired) electrons. The lowest BCUT2D eigenvalue weighted by molar-refractivity contribution is 0.687. The maximum Gasteiger partial charge on any atom is 0.122 e. The van der Waals surface area contributed by atoms with Gasteiger partial charge in [0.25, 0.3) is 0 Å². The number of aryl methyl sites for hydroxylation is 2. The van der Waals surface area contributed by atoms with Gasteiger partial charge in [-0.15, -0.1) is 0 Å². The van der Waals surface area contributed by atoms with Crippen molar-refractivity contribution in [3.8, 4) is 0 Å². The second kappa shape index (κ2) is 4.29. The normalized spacial score (nSPS) is 10.7. The number of halogens is 1. The zero-order valence-electron chi connectivity index (χ0n) is 9.37. The Balaban J connectivity index is 2.30. The van der Waals surface area contributed by atoms with E-state index in [1.807, 2.05) is 17.7 Å². The Morgan fingerprint density at radius 1 is 1.31 bits per heavy atom. The predicted molar refractivity (Wildman–Crippen MR) is 69.4 cm³/mol. The summed E-state index contributed by atoms with van der Waals surface area (Å²) in [5, 5.41) is 4.34. The first-order valence-corrected chi connectivity index (χ1v) is 5.90. The average molecular weight is 280 g/mol. The van der Waals surface area contributed by atoms with Crippen LogP contribution in [-0.2, 0) is 6.54 Å². The predicted octanol–water partition coefficient (Wildman–Crippen LogP) is 2.89. The van der Waals surface area contributed by atoms with Gasteiger partial charge in [-0.25, -0.2) is 4.68 Å². The molecule has 2 rings (SSSR count). The van der Waals surface area contributed by atoms with E-state index in [-0.39, 0.29) is 0 Å². The van der Waals surface area contributed by atoms with E-state index in [2.05, 4.69) is 46.2 Å². The average Bonchev–Trinajstić information content (AvgIpc) is 2.50. The Bertz CT molecular complexity index is 517. The number of hydrogen-bond acceptors (Lipinski definition) is 2. The van der Waals surface area contributed by atoms with Crippen molar-refractivity contribution in [1.82, 2.24) is 9.78 Å². The molecule has 0 aliphatic heterocycles. The van der Waals surface area contributed by atoms with E-state index in [1.165, 1.54) is 11.1 Å². The summed E-state index contributed by atoms with van der Waals surface area (Å²) in [6.45, 7) is 4.71. The van der Waals surface area contributed by atoms with Crippen LogP contribution in [0.25, 0.3) is 0 Å². The van der Waals surface area contributed by atoms with Gasteiger partial charge in [0.05, 0.1) is 12.2 Å². The van der Waals surface area contributed by atoms with Crippen molar-refractivity contribution < 1.29 is 0 Å². The maximum absolute atomic E-state index is 5.85. The highest BCUT2D eigenvalue weighted by atomic mass is 79.9. The summed E-state index contributed by atoms with van der Waals surface area (Å²) >= 11 is 3.55. The zero-order valence-corrected chi connectivity index (χ0v) is 11.0. The fourth-order valence-electron chi connectivity index (χ4n) is 1.63. The number of aromatic nitrogens is 2. The van der Waals surface area contributed by atoms with Crippen molar-refractivity contribution >= 4 is 21.7 Å². The first-order valence-electron chi connectivity index (χ1n) is 5.11. The molecule has 0 saturated carbocycles. The van der Waals surface area contributed by atoms with Crippen molar-refractivity contribution in [2.45, 2.75) is 20.4 Å². The van der Waals surface area contributed by atoms with E-state index in [1.54, 1.807) is 0 Å². The van der Waals surface area contributed by atoms with Crippen LogP contribution in [0.1, 0.15) is 16.8 Å². The Labute approximate surface area is 103 Å². The number of nitrogens with two attached hydrogens (primary N) is 1. The quantitative estimate of drug-likeness (QED) is 0.919. The number of rotatable bonds is 2. The Kier molecular flexibility index (Phi) is 3.01. The Morgan fingerprint density at radius 3 is 2.62 bits per heavy atom. The van der Waals surface area contributed by atoms with E-state index in [9.17, 15) is 0 Å². The minimum Gasteiger partial charge on any atom is -0.384 e. The van der Waals surface area contributed by atoms with Crippen molar-refractivity contribution in [2.75, 3.05) is 5.73 Å². The number of anilines is 1. The van der Waals surface area contributed by atoms with Crippen LogP contribution >= 0.6 is 15.9 Å². The molecule has 1 aromatic heterocycles. The Hall–Kier alpha value is -1.29. The second-order valence-corrected chi connectivity index (χ2v) is 4.82. The van der Waals surface area contributed by atoms with E-state index in [4.69, 9.17) is 5.73 Å². The molecule has 1 aromatic carbocycles. The number of benzene rings is 1. The minimum absolute atomic E-state index is 0.695. The highest BCUT2D eigenvalue weighted by Gasteiger charge is 2.05. The van der Waals surface area contributed by atoms with Gasteiger partial charge in [0.1, 0.15) is 5.82 Å². The highest BCUT2D eigenvalue weighted by molar-refractivity contribution is 9.10. The molecule has 0 unspecified atom stereocenters. The van der Waals surface area contributed by atoms with Crippen LogP contribution in [0.4, 0.5) is 5.82 Å². The van der Waals surface area contributed by atoms with E-state index < -0.39 is 0 Å². The fourth-order valence-corrected chi connectivity index (χ4v) is 2.25. The second-order valence-electron chi connectivity index (χ2n) is 3.96. The third-order valence-electron chi connectivity index (χ3n) is 2.46. The molecule has 0 aliphatic rings. The van der Waals surface area contributed by atoms with Crippen LogP contribution in [0.3, 0.4) is 0 Å². The molecule has 0 saturated heterocycles. The summed E-state index contributed by atoms with van der Waals surface area (Å²) in [6, 6.07) is 8.16. The number of nitrogen functional groups attached to an aromatic ring is 1. The van der Waals surface area contributed by atoms with Crippen LogP contribution < -0.4 is 5.73 Å². The smallest absolute Gasteiger partial charge is 0.122 e. The highest BCUT2D eigenvalue weighted by Crippen LogP contribution is 2.20. The lowest BCUT2D eigenvalue weighted by Gasteiger charge is -2.07.